The molecule has 8 heteroatoms. The lowest BCUT2D eigenvalue weighted by molar-refractivity contribution is -0.134. The lowest BCUT2D eigenvalue weighted by atomic mass is 10.1. The van der Waals surface area contributed by atoms with E-state index in [0.29, 0.717) is 34.7 Å². The molecule has 0 saturated carbocycles. The zero-order valence-corrected chi connectivity index (χ0v) is 17.2. The van der Waals surface area contributed by atoms with Crippen molar-refractivity contribution in [3.05, 3.63) is 66.7 Å². The van der Waals surface area contributed by atoms with E-state index in [1.807, 2.05) is 36.4 Å². The molecule has 4 rings (SSSR count). The molecule has 2 aromatic carbocycles. The highest BCUT2D eigenvalue weighted by atomic mass is 32.2. The SMILES string of the molecule is C=CCSc1nnc2c(n1)O[C@H](c1ccc(OC(=O)CC)cc1)Nc1ccccc1-2. The van der Waals surface area contributed by atoms with Gasteiger partial charge in [-0.1, -0.05) is 43.0 Å². The van der Waals surface area contributed by atoms with Crippen molar-refractivity contribution in [2.75, 3.05) is 11.1 Å². The van der Waals surface area contributed by atoms with Crippen LogP contribution in [0, 0.1) is 0 Å². The van der Waals surface area contributed by atoms with Gasteiger partial charge in [-0.25, -0.2) is 0 Å². The number of hydrogen-bond donors (Lipinski definition) is 1. The number of thioether (sulfide) groups is 1. The van der Waals surface area contributed by atoms with Gasteiger partial charge in [-0.15, -0.1) is 16.8 Å². The topological polar surface area (TPSA) is 86.2 Å². The average Bonchev–Trinajstić information content (AvgIpc) is 2.94. The summed E-state index contributed by atoms with van der Waals surface area (Å²) in [7, 11) is 0. The molecule has 30 heavy (non-hydrogen) atoms. The van der Waals surface area contributed by atoms with Crippen LogP contribution < -0.4 is 14.8 Å². The number of carbonyl (C=O) groups excluding carboxylic acids is 1. The summed E-state index contributed by atoms with van der Waals surface area (Å²) in [6.45, 7) is 5.48. The molecular formula is C22H20N4O3S. The molecule has 0 amide bonds. The van der Waals surface area contributed by atoms with Crippen LogP contribution >= 0.6 is 11.8 Å². The maximum absolute atomic E-state index is 11.5. The second-order valence-electron chi connectivity index (χ2n) is 6.43. The van der Waals surface area contributed by atoms with Gasteiger partial charge in [-0.3, -0.25) is 4.79 Å². The van der Waals surface area contributed by atoms with Gasteiger partial charge in [0.05, 0.1) is 0 Å². The standard InChI is InChI=1S/C22H20N4O3S/c1-3-13-30-22-24-21-19(25-26-22)16-7-5-6-8-17(16)23-20(29-21)14-9-11-15(12-10-14)28-18(27)4-2/h3,5-12,20,23H,1,4,13H2,2H3/t20-/m1/s1. The summed E-state index contributed by atoms with van der Waals surface area (Å²) in [4.78, 5) is 16.1. The van der Waals surface area contributed by atoms with Gasteiger partial charge in [0, 0.05) is 29.0 Å². The highest BCUT2D eigenvalue weighted by molar-refractivity contribution is 7.99. The highest BCUT2D eigenvalue weighted by Crippen LogP contribution is 2.39. The van der Waals surface area contributed by atoms with Gasteiger partial charge in [-0.05, 0) is 30.3 Å². The van der Waals surface area contributed by atoms with Crippen molar-refractivity contribution in [2.24, 2.45) is 0 Å². The van der Waals surface area contributed by atoms with E-state index >= 15 is 0 Å². The van der Waals surface area contributed by atoms with E-state index in [4.69, 9.17) is 9.47 Å². The summed E-state index contributed by atoms with van der Waals surface area (Å²) < 4.78 is 11.5. The van der Waals surface area contributed by atoms with Crippen LogP contribution in [0.15, 0.2) is 66.3 Å². The van der Waals surface area contributed by atoms with E-state index in [2.05, 4.69) is 27.1 Å². The van der Waals surface area contributed by atoms with E-state index in [1.54, 1.807) is 25.1 Å². The third kappa shape index (κ3) is 4.28. The van der Waals surface area contributed by atoms with Gasteiger partial charge in [0.2, 0.25) is 11.0 Å². The molecule has 1 aliphatic rings. The third-order valence-electron chi connectivity index (χ3n) is 4.37. The van der Waals surface area contributed by atoms with E-state index in [9.17, 15) is 4.79 Å². The number of para-hydroxylation sites is 1. The Labute approximate surface area is 178 Å². The fourth-order valence-corrected chi connectivity index (χ4v) is 3.42. The third-order valence-corrected chi connectivity index (χ3v) is 5.20. The Kier molecular flexibility index (Phi) is 5.94. The second kappa shape index (κ2) is 8.96. The molecule has 1 atom stereocenters. The summed E-state index contributed by atoms with van der Waals surface area (Å²) in [6, 6.07) is 15.0. The van der Waals surface area contributed by atoms with E-state index in [-0.39, 0.29) is 5.97 Å². The van der Waals surface area contributed by atoms with Gasteiger partial charge in [0.1, 0.15) is 5.75 Å². The Bertz CT molecular complexity index is 1070. The van der Waals surface area contributed by atoms with Crippen LogP contribution in [-0.4, -0.2) is 26.9 Å². The maximum Gasteiger partial charge on any atom is 0.310 e. The minimum Gasteiger partial charge on any atom is -0.448 e. The number of esters is 1. The van der Waals surface area contributed by atoms with Crippen molar-refractivity contribution in [2.45, 2.75) is 24.7 Å². The molecule has 0 unspecified atom stereocenters. The van der Waals surface area contributed by atoms with E-state index < -0.39 is 6.23 Å². The molecule has 1 N–H and O–H groups in total. The molecule has 0 bridgehead atoms. The average molecular weight is 420 g/mol. The van der Waals surface area contributed by atoms with Crippen LogP contribution in [0.1, 0.15) is 25.1 Å². The van der Waals surface area contributed by atoms with Gasteiger partial charge in [0.15, 0.2) is 11.9 Å². The minimum atomic E-state index is -0.503. The minimum absolute atomic E-state index is 0.276. The van der Waals surface area contributed by atoms with Crippen molar-refractivity contribution in [3.63, 3.8) is 0 Å². The number of nitrogens with zero attached hydrogens (tertiary/aromatic N) is 3. The number of carbonyl (C=O) groups is 1. The van der Waals surface area contributed by atoms with Gasteiger partial charge in [-0.2, -0.15) is 4.98 Å². The molecule has 0 radical (unpaired) electrons. The van der Waals surface area contributed by atoms with Gasteiger partial charge < -0.3 is 14.8 Å². The number of aromatic nitrogens is 3. The Morgan fingerprint density at radius 3 is 2.80 bits per heavy atom. The summed E-state index contributed by atoms with van der Waals surface area (Å²) in [6.07, 6.45) is 1.60. The van der Waals surface area contributed by atoms with Crippen LogP contribution in [0.5, 0.6) is 11.6 Å². The molecule has 0 saturated heterocycles. The van der Waals surface area contributed by atoms with E-state index in [1.165, 1.54) is 11.8 Å². The van der Waals surface area contributed by atoms with Crippen molar-refractivity contribution in [1.29, 1.82) is 0 Å². The molecule has 7 nitrogen and oxygen atoms in total. The first-order valence-corrected chi connectivity index (χ1v) is 10.5. The lowest BCUT2D eigenvalue weighted by Gasteiger charge is -2.19. The Balaban J connectivity index is 1.68. The summed E-state index contributed by atoms with van der Waals surface area (Å²) in [5.74, 6) is 1.30. The second-order valence-corrected chi connectivity index (χ2v) is 7.42. The summed E-state index contributed by atoms with van der Waals surface area (Å²) >= 11 is 1.44. The van der Waals surface area contributed by atoms with Gasteiger partial charge in [0.25, 0.3) is 0 Å². The number of anilines is 1. The normalized spacial score (nSPS) is 14.4. The summed E-state index contributed by atoms with van der Waals surface area (Å²) in [5, 5.41) is 12.5. The number of benzene rings is 2. The lowest BCUT2D eigenvalue weighted by Crippen LogP contribution is -2.17. The monoisotopic (exact) mass is 420 g/mol. The van der Waals surface area contributed by atoms with E-state index in [0.717, 1.165) is 16.8 Å². The zero-order chi connectivity index (χ0) is 20.9. The van der Waals surface area contributed by atoms with Gasteiger partial charge >= 0.3 is 5.97 Å². The largest absolute Gasteiger partial charge is 0.448 e. The first kappa shape index (κ1) is 19.9. The van der Waals surface area contributed by atoms with Crippen molar-refractivity contribution in [3.8, 4) is 22.9 Å². The fraction of sp³-hybridized carbons (Fsp3) is 0.182. The molecule has 3 aromatic rings. The maximum atomic E-state index is 11.5. The molecule has 1 aromatic heterocycles. The summed E-state index contributed by atoms with van der Waals surface area (Å²) in [5.41, 5.74) is 3.17. The number of hydrogen-bond acceptors (Lipinski definition) is 8. The number of fused-ring (bicyclic) bond motifs is 3. The smallest absolute Gasteiger partial charge is 0.310 e. The van der Waals surface area contributed by atoms with Crippen molar-refractivity contribution < 1.29 is 14.3 Å². The zero-order valence-electron chi connectivity index (χ0n) is 16.4. The molecule has 0 fully saturated rings. The number of nitrogens with one attached hydrogen (secondary N) is 1. The Hall–Kier alpha value is -3.39. The molecule has 2 heterocycles. The van der Waals surface area contributed by atoms with Crippen LogP contribution in [0.25, 0.3) is 11.3 Å². The molecule has 0 spiro atoms. The first-order chi connectivity index (χ1) is 14.7. The predicted molar refractivity (Wildman–Crippen MR) is 116 cm³/mol. The van der Waals surface area contributed by atoms with Crippen LogP contribution in [-0.2, 0) is 4.79 Å². The highest BCUT2D eigenvalue weighted by Gasteiger charge is 2.26. The van der Waals surface area contributed by atoms with Crippen LogP contribution in [0.3, 0.4) is 0 Å². The number of ether oxygens (including phenoxy) is 2. The Morgan fingerprint density at radius 1 is 1.23 bits per heavy atom. The number of rotatable bonds is 6. The van der Waals surface area contributed by atoms with Crippen molar-refractivity contribution >= 4 is 23.4 Å². The fourth-order valence-electron chi connectivity index (χ4n) is 2.91. The van der Waals surface area contributed by atoms with Crippen LogP contribution in [0.2, 0.25) is 0 Å². The molecular weight excluding hydrogens is 400 g/mol. The predicted octanol–water partition coefficient (Wildman–Crippen LogP) is 4.64. The first-order valence-electron chi connectivity index (χ1n) is 9.49. The van der Waals surface area contributed by atoms with Crippen molar-refractivity contribution in [1.82, 2.24) is 15.2 Å². The molecule has 0 aliphatic carbocycles. The van der Waals surface area contributed by atoms with Crippen LogP contribution in [0.4, 0.5) is 5.69 Å². The Morgan fingerprint density at radius 2 is 2.03 bits per heavy atom. The molecule has 152 valence electrons. The quantitative estimate of drug-likeness (QED) is 0.267. The molecule has 1 aliphatic heterocycles.